The van der Waals surface area contributed by atoms with Crippen LogP contribution < -0.4 is 16.3 Å². The predicted octanol–water partition coefficient (Wildman–Crippen LogP) is 1.67. The van der Waals surface area contributed by atoms with Gasteiger partial charge in [0.25, 0.3) is 5.91 Å². The maximum absolute atomic E-state index is 13.1. The number of rotatable bonds is 10. The summed E-state index contributed by atoms with van der Waals surface area (Å²) in [7, 11) is 0. The minimum Gasteiger partial charge on any atom is -0.382 e. The normalized spacial score (nSPS) is 14.2. The van der Waals surface area contributed by atoms with Gasteiger partial charge in [0.2, 0.25) is 0 Å². The zero-order chi connectivity index (χ0) is 30.7. The number of urea groups is 1. The number of alkyl halides is 3. The van der Waals surface area contributed by atoms with E-state index < -0.39 is 30.4 Å². The van der Waals surface area contributed by atoms with Gasteiger partial charge in [-0.15, -0.1) is 10.2 Å². The average Bonchev–Trinajstić information content (AvgIpc) is 3.69. The van der Waals surface area contributed by atoms with Crippen LogP contribution in [0.2, 0.25) is 5.02 Å². The van der Waals surface area contributed by atoms with Crippen molar-refractivity contribution in [3.63, 3.8) is 0 Å². The van der Waals surface area contributed by atoms with Crippen molar-refractivity contribution >= 4 is 23.5 Å². The number of nitrogens with zero attached hydrogens (tertiary/aromatic N) is 7. The summed E-state index contributed by atoms with van der Waals surface area (Å²) in [6, 6.07) is 12.4. The zero-order valence-corrected chi connectivity index (χ0v) is 23.1. The number of hydrogen-bond donors (Lipinski definition) is 3. The molecule has 17 heteroatoms. The molecular weight excluding hydrogens is 595 g/mol. The first kappa shape index (κ1) is 29.8. The number of hydrogen-bond acceptors (Lipinski definition) is 7. The van der Waals surface area contributed by atoms with E-state index >= 15 is 0 Å². The quantitative estimate of drug-likeness (QED) is 0.244. The molecule has 0 saturated carbocycles. The summed E-state index contributed by atoms with van der Waals surface area (Å²) in [6.07, 6.45) is -6.44. The van der Waals surface area contributed by atoms with Crippen molar-refractivity contribution < 1.29 is 27.9 Å². The third kappa shape index (κ3) is 6.70. The molecule has 1 fully saturated rings. The number of halogens is 4. The number of aliphatic hydroxyl groups excluding tert-OH is 1. The van der Waals surface area contributed by atoms with Crippen molar-refractivity contribution in [3.05, 3.63) is 81.8 Å². The van der Waals surface area contributed by atoms with Crippen molar-refractivity contribution in [1.29, 1.82) is 0 Å². The van der Waals surface area contributed by atoms with Gasteiger partial charge in [0.1, 0.15) is 12.9 Å². The van der Waals surface area contributed by atoms with Crippen LogP contribution in [0.5, 0.6) is 0 Å². The molecule has 1 aliphatic rings. The van der Waals surface area contributed by atoms with E-state index in [1.54, 1.807) is 29.2 Å². The van der Waals surface area contributed by atoms with E-state index in [4.69, 9.17) is 11.6 Å². The van der Waals surface area contributed by atoms with Gasteiger partial charge in [-0.05, 0) is 36.4 Å². The second-order valence-electron chi connectivity index (χ2n) is 9.54. The minimum atomic E-state index is -4.96. The topological polar surface area (TPSA) is 152 Å². The van der Waals surface area contributed by atoms with Gasteiger partial charge in [-0.25, -0.2) is 23.9 Å². The zero-order valence-electron chi connectivity index (χ0n) is 22.3. The molecule has 2 aromatic carbocycles. The monoisotopic (exact) mass is 619 g/mol. The SMILES string of the molecule is O=C(NCCN1CCNC1=O)c1ccccc1-n1cnc(Cn2nc(-c3ccc(Cl)cc3)n(C[C@H](O)C(F)(F)F)c2=O)n1. The number of nitrogens with one attached hydrogen (secondary N) is 2. The maximum atomic E-state index is 13.1. The molecule has 13 nitrogen and oxygen atoms in total. The van der Waals surface area contributed by atoms with E-state index in [9.17, 15) is 32.7 Å². The Morgan fingerprint density at radius 1 is 1.12 bits per heavy atom. The van der Waals surface area contributed by atoms with E-state index in [0.29, 0.717) is 35.9 Å². The predicted molar refractivity (Wildman–Crippen MR) is 147 cm³/mol. The highest BCUT2D eigenvalue weighted by Gasteiger charge is 2.39. The molecule has 3 N–H and O–H groups in total. The lowest BCUT2D eigenvalue weighted by Gasteiger charge is -2.15. The van der Waals surface area contributed by atoms with Gasteiger partial charge in [-0.3, -0.25) is 9.36 Å². The van der Waals surface area contributed by atoms with Crippen LogP contribution in [-0.2, 0) is 13.1 Å². The van der Waals surface area contributed by atoms with Gasteiger partial charge in [0, 0.05) is 36.8 Å². The molecule has 226 valence electrons. The van der Waals surface area contributed by atoms with E-state index in [1.165, 1.54) is 35.3 Å². The van der Waals surface area contributed by atoms with Gasteiger partial charge in [0.15, 0.2) is 17.8 Å². The fourth-order valence-electron chi connectivity index (χ4n) is 4.41. The lowest BCUT2D eigenvalue weighted by molar-refractivity contribution is -0.207. The standard InChI is InChI=1S/C26H25ClF3N9O4/c27-17-7-5-16(6-8-17)22-35-38(25(43)37(22)13-20(40)26(28,29)30)14-21-33-15-39(34-21)19-4-2-1-3-18(19)23(41)31-9-11-36-12-10-32-24(36)42/h1-8,15,20,40H,9-14H2,(H,31,41)(H,32,42)/t20-/m0/s1. The van der Waals surface area contributed by atoms with Crippen LogP contribution in [0.4, 0.5) is 18.0 Å². The molecule has 43 heavy (non-hydrogen) atoms. The number of amides is 3. The molecule has 3 heterocycles. The van der Waals surface area contributed by atoms with Crippen molar-refractivity contribution in [2.45, 2.75) is 25.4 Å². The summed E-state index contributed by atoms with van der Waals surface area (Å²) in [6.45, 7) is 0.286. The van der Waals surface area contributed by atoms with E-state index in [0.717, 1.165) is 9.25 Å². The molecule has 0 spiro atoms. The molecular formula is C26H25ClF3N9O4. The first-order chi connectivity index (χ1) is 20.5. The fourth-order valence-corrected chi connectivity index (χ4v) is 4.53. The summed E-state index contributed by atoms with van der Waals surface area (Å²) in [4.78, 5) is 43.6. The van der Waals surface area contributed by atoms with Crippen molar-refractivity contribution in [3.8, 4) is 17.1 Å². The Morgan fingerprint density at radius 3 is 2.56 bits per heavy atom. The van der Waals surface area contributed by atoms with Gasteiger partial charge in [0.05, 0.1) is 17.8 Å². The van der Waals surface area contributed by atoms with Crippen molar-refractivity contribution in [2.24, 2.45) is 0 Å². The largest absolute Gasteiger partial charge is 0.416 e. The first-order valence-corrected chi connectivity index (χ1v) is 13.4. The van der Waals surface area contributed by atoms with Gasteiger partial charge < -0.3 is 20.6 Å². The summed E-state index contributed by atoms with van der Waals surface area (Å²) in [5.74, 6) is -0.433. The molecule has 4 aromatic rings. The second kappa shape index (κ2) is 12.3. The molecule has 3 amide bonds. The Balaban J connectivity index is 1.37. The average molecular weight is 620 g/mol. The van der Waals surface area contributed by atoms with Crippen LogP contribution in [-0.4, -0.2) is 89.5 Å². The number of aromatic nitrogens is 6. The first-order valence-electron chi connectivity index (χ1n) is 13.0. The van der Waals surface area contributed by atoms with Crippen LogP contribution >= 0.6 is 11.6 Å². The molecule has 5 rings (SSSR count). The summed E-state index contributed by atoms with van der Waals surface area (Å²) in [5.41, 5.74) is 0.0394. The third-order valence-corrected chi connectivity index (χ3v) is 6.85. The molecule has 0 bridgehead atoms. The third-order valence-electron chi connectivity index (χ3n) is 6.60. The van der Waals surface area contributed by atoms with Gasteiger partial charge in [-0.1, -0.05) is 23.7 Å². The summed E-state index contributed by atoms with van der Waals surface area (Å²) < 4.78 is 42.3. The van der Waals surface area contributed by atoms with Crippen LogP contribution in [0.1, 0.15) is 16.2 Å². The smallest absolute Gasteiger partial charge is 0.382 e. The van der Waals surface area contributed by atoms with Crippen molar-refractivity contribution in [2.75, 3.05) is 26.2 Å². The Kier molecular flexibility index (Phi) is 8.50. The molecule has 2 aromatic heterocycles. The van der Waals surface area contributed by atoms with Crippen molar-refractivity contribution in [1.82, 2.24) is 44.6 Å². The Bertz CT molecular complexity index is 1680. The Hall–Kier alpha value is -4.70. The number of aliphatic hydroxyl groups is 1. The van der Waals surface area contributed by atoms with E-state index in [2.05, 4.69) is 25.8 Å². The number of carbonyl (C=O) groups excluding carboxylic acids is 2. The van der Waals surface area contributed by atoms with Crippen LogP contribution in [0.15, 0.2) is 59.7 Å². The molecule has 0 radical (unpaired) electrons. The van der Waals surface area contributed by atoms with E-state index in [1.807, 2.05) is 0 Å². The minimum absolute atomic E-state index is 0.0843. The maximum Gasteiger partial charge on any atom is 0.416 e. The molecule has 1 saturated heterocycles. The van der Waals surface area contributed by atoms with Crippen LogP contribution in [0.25, 0.3) is 17.1 Å². The molecule has 1 atom stereocenters. The summed E-state index contributed by atoms with van der Waals surface area (Å²) in [5, 5.41) is 24.1. The Labute approximate surface area is 246 Å². The number of carbonyl (C=O) groups is 2. The second-order valence-corrected chi connectivity index (χ2v) is 9.97. The lowest BCUT2D eigenvalue weighted by Crippen LogP contribution is -2.37. The molecule has 0 aliphatic carbocycles. The highest BCUT2D eigenvalue weighted by molar-refractivity contribution is 6.30. The fraction of sp³-hybridized carbons (Fsp3) is 0.308. The van der Waals surface area contributed by atoms with Gasteiger partial charge in [-0.2, -0.15) is 13.2 Å². The highest BCUT2D eigenvalue weighted by Crippen LogP contribution is 2.24. The summed E-state index contributed by atoms with van der Waals surface area (Å²) >= 11 is 5.92. The van der Waals surface area contributed by atoms with Gasteiger partial charge >= 0.3 is 17.9 Å². The van der Waals surface area contributed by atoms with Crippen LogP contribution in [0, 0.1) is 0 Å². The molecule has 1 aliphatic heterocycles. The van der Waals surface area contributed by atoms with Crippen LogP contribution in [0.3, 0.4) is 0 Å². The number of para-hydroxylation sites is 1. The van der Waals surface area contributed by atoms with E-state index in [-0.39, 0.29) is 36.3 Å². The lowest BCUT2D eigenvalue weighted by atomic mass is 10.1. The highest BCUT2D eigenvalue weighted by atomic mass is 35.5. The number of benzene rings is 2. The molecule has 0 unspecified atom stereocenters. The Morgan fingerprint density at radius 2 is 1.86 bits per heavy atom.